The average molecular weight is 314 g/mol. The van der Waals surface area contributed by atoms with Gasteiger partial charge in [-0.3, -0.25) is 4.79 Å². The van der Waals surface area contributed by atoms with Crippen LogP contribution in [0.15, 0.2) is 22.7 Å². The summed E-state index contributed by atoms with van der Waals surface area (Å²) in [6.45, 7) is 5.86. The molecule has 1 unspecified atom stereocenters. The molecule has 1 atom stereocenters. The maximum atomic E-state index is 11.8. The topological polar surface area (TPSA) is 63.3 Å². The van der Waals surface area contributed by atoms with E-state index in [1.165, 1.54) is 0 Å². The molecule has 0 radical (unpaired) electrons. The lowest BCUT2D eigenvalue weighted by atomic mass is 9.68. The van der Waals surface area contributed by atoms with E-state index in [0.717, 1.165) is 10.9 Å². The average Bonchev–Trinajstić information content (AvgIpc) is 2.28. The molecule has 0 aliphatic carbocycles. The number of benzene rings is 1. The van der Waals surface area contributed by atoms with Gasteiger partial charge in [0.05, 0.1) is 5.41 Å². The molecular formula is C14H20BrNO2. The first-order chi connectivity index (χ1) is 8.36. The normalized spacial score (nSPS) is 14.5. The van der Waals surface area contributed by atoms with Crippen molar-refractivity contribution < 1.29 is 9.90 Å². The Morgan fingerprint density at radius 2 is 2.11 bits per heavy atom. The highest BCUT2D eigenvalue weighted by molar-refractivity contribution is 9.10. The molecule has 1 aromatic carbocycles. The van der Waals surface area contributed by atoms with Crippen LogP contribution in [0.2, 0.25) is 0 Å². The molecule has 1 rings (SSSR count). The second-order valence-corrected chi connectivity index (χ2v) is 5.83. The van der Waals surface area contributed by atoms with Gasteiger partial charge >= 0.3 is 5.97 Å². The van der Waals surface area contributed by atoms with Crippen molar-refractivity contribution in [3.05, 3.63) is 28.2 Å². The highest BCUT2D eigenvalue weighted by Gasteiger charge is 2.43. The molecule has 0 fully saturated rings. The third-order valence-corrected chi connectivity index (χ3v) is 4.00. The highest BCUT2D eigenvalue weighted by Crippen LogP contribution is 2.41. The summed E-state index contributed by atoms with van der Waals surface area (Å²) in [5.41, 5.74) is 6.34. The van der Waals surface area contributed by atoms with Gasteiger partial charge in [-0.15, -0.1) is 0 Å². The van der Waals surface area contributed by atoms with Gasteiger partial charge in [0, 0.05) is 10.2 Å². The van der Waals surface area contributed by atoms with Gasteiger partial charge in [0.25, 0.3) is 0 Å². The molecule has 0 aromatic heterocycles. The van der Waals surface area contributed by atoms with E-state index in [9.17, 15) is 9.90 Å². The molecule has 0 saturated heterocycles. The van der Waals surface area contributed by atoms with Crippen LogP contribution in [-0.4, -0.2) is 11.1 Å². The van der Waals surface area contributed by atoms with Crippen molar-refractivity contribution in [2.75, 3.05) is 5.73 Å². The Kier molecular flexibility index (Phi) is 4.79. The molecule has 4 heteroatoms. The fraction of sp³-hybridized carbons (Fsp3) is 0.500. The van der Waals surface area contributed by atoms with Gasteiger partial charge < -0.3 is 10.8 Å². The zero-order chi connectivity index (χ0) is 13.9. The lowest BCUT2D eigenvalue weighted by molar-refractivity contribution is -0.146. The molecule has 0 heterocycles. The molecule has 100 valence electrons. The van der Waals surface area contributed by atoms with E-state index in [-0.39, 0.29) is 5.92 Å². The number of hydrogen-bond donors (Lipinski definition) is 2. The lowest BCUT2D eigenvalue weighted by Crippen LogP contribution is -2.41. The number of anilines is 1. The van der Waals surface area contributed by atoms with Crippen molar-refractivity contribution in [2.24, 2.45) is 5.92 Å². The SMILES string of the molecule is CCCC(C(=O)O)(c1cc(Br)ccc1N)C(C)C. The zero-order valence-corrected chi connectivity index (χ0v) is 12.6. The molecule has 0 amide bonds. The maximum Gasteiger partial charge on any atom is 0.314 e. The predicted molar refractivity (Wildman–Crippen MR) is 77.6 cm³/mol. The fourth-order valence-corrected chi connectivity index (χ4v) is 2.87. The number of carbonyl (C=O) groups is 1. The highest BCUT2D eigenvalue weighted by atomic mass is 79.9. The predicted octanol–water partition coefficient (Wildman–Crippen LogP) is 3.81. The van der Waals surface area contributed by atoms with Crippen molar-refractivity contribution in [1.82, 2.24) is 0 Å². The number of carboxylic acids is 1. The van der Waals surface area contributed by atoms with Crippen LogP contribution in [0.25, 0.3) is 0 Å². The largest absolute Gasteiger partial charge is 0.481 e. The summed E-state index contributed by atoms with van der Waals surface area (Å²) in [5.74, 6) is -0.823. The minimum atomic E-state index is -0.914. The van der Waals surface area contributed by atoms with E-state index in [1.807, 2.05) is 32.9 Å². The minimum Gasteiger partial charge on any atom is -0.481 e. The van der Waals surface area contributed by atoms with E-state index in [2.05, 4.69) is 15.9 Å². The van der Waals surface area contributed by atoms with E-state index in [4.69, 9.17) is 5.73 Å². The van der Waals surface area contributed by atoms with Crippen molar-refractivity contribution in [3.8, 4) is 0 Å². The third kappa shape index (κ3) is 2.53. The molecular weight excluding hydrogens is 294 g/mol. The van der Waals surface area contributed by atoms with E-state index in [1.54, 1.807) is 6.07 Å². The molecule has 0 aliphatic heterocycles. The molecule has 3 N–H and O–H groups in total. The molecule has 1 aromatic rings. The van der Waals surface area contributed by atoms with Crippen LogP contribution in [0.3, 0.4) is 0 Å². The van der Waals surface area contributed by atoms with Gasteiger partial charge in [0.2, 0.25) is 0 Å². The Bertz CT molecular complexity index is 445. The van der Waals surface area contributed by atoms with Crippen molar-refractivity contribution in [1.29, 1.82) is 0 Å². The Balaban J connectivity index is 3.50. The van der Waals surface area contributed by atoms with E-state index < -0.39 is 11.4 Å². The Morgan fingerprint density at radius 3 is 2.56 bits per heavy atom. The molecule has 0 saturated carbocycles. The van der Waals surface area contributed by atoms with Crippen LogP contribution in [0.1, 0.15) is 39.2 Å². The standard InChI is InChI=1S/C14H20BrNO2/c1-4-7-14(9(2)3,13(17)18)11-8-10(15)5-6-12(11)16/h5-6,8-9H,4,7,16H2,1-3H3,(H,17,18). The van der Waals surface area contributed by atoms with E-state index >= 15 is 0 Å². The maximum absolute atomic E-state index is 11.8. The molecule has 3 nitrogen and oxygen atoms in total. The summed E-state index contributed by atoms with van der Waals surface area (Å²) in [7, 11) is 0. The van der Waals surface area contributed by atoms with Crippen molar-refractivity contribution in [2.45, 2.75) is 39.0 Å². The smallest absolute Gasteiger partial charge is 0.314 e. The van der Waals surface area contributed by atoms with Crippen LogP contribution < -0.4 is 5.73 Å². The van der Waals surface area contributed by atoms with Crippen LogP contribution in [-0.2, 0) is 10.2 Å². The minimum absolute atomic E-state index is 0.0217. The number of rotatable bonds is 5. The summed E-state index contributed by atoms with van der Waals surface area (Å²) in [6.07, 6.45) is 1.39. The number of hydrogen-bond acceptors (Lipinski definition) is 2. The second-order valence-electron chi connectivity index (χ2n) is 4.91. The second kappa shape index (κ2) is 5.74. The Hall–Kier alpha value is -1.03. The molecule has 0 aliphatic rings. The number of nitrogen functional groups attached to an aromatic ring is 1. The van der Waals surface area contributed by atoms with Gasteiger partial charge in [0.15, 0.2) is 0 Å². The summed E-state index contributed by atoms with van der Waals surface area (Å²) in [5, 5.41) is 9.72. The Labute approximate surface area is 117 Å². The third-order valence-electron chi connectivity index (χ3n) is 3.51. The van der Waals surface area contributed by atoms with Crippen LogP contribution >= 0.6 is 15.9 Å². The first-order valence-corrected chi connectivity index (χ1v) is 6.94. The van der Waals surface area contributed by atoms with Crippen LogP contribution in [0.4, 0.5) is 5.69 Å². The van der Waals surface area contributed by atoms with Crippen molar-refractivity contribution in [3.63, 3.8) is 0 Å². The molecule has 0 bridgehead atoms. The first kappa shape index (κ1) is 15.0. The monoisotopic (exact) mass is 313 g/mol. The summed E-state index contributed by atoms with van der Waals surface area (Å²) in [4.78, 5) is 11.8. The van der Waals surface area contributed by atoms with Gasteiger partial charge in [-0.05, 0) is 36.1 Å². The number of nitrogens with two attached hydrogens (primary N) is 1. The van der Waals surface area contributed by atoms with Gasteiger partial charge in [-0.1, -0.05) is 43.1 Å². The summed E-state index contributed by atoms with van der Waals surface area (Å²) in [6, 6.07) is 5.42. The van der Waals surface area contributed by atoms with Crippen LogP contribution in [0.5, 0.6) is 0 Å². The quantitative estimate of drug-likeness (QED) is 0.812. The summed E-state index contributed by atoms with van der Waals surface area (Å²) < 4.78 is 0.856. The van der Waals surface area contributed by atoms with E-state index in [0.29, 0.717) is 17.7 Å². The fourth-order valence-electron chi connectivity index (χ4n) is 2.51. The lowest BCUT2D eigenvalue weighted by Gasteiger charge is -2.34. The van der Waals surface area contributed by atoms with Crippen molar-refractivity contribution >= 4 is 27.6 Å². The first-order valence-electron chi connectivity index (χ1n) is 6.15. The van der Waals surface area contributed by atoms with Crippen LogP contribution in [0, 0.1) is 5.92 Å². The van der Waals surface area contributed by atoms with Gasteiger partial charge in [0.1, 0.15) is 0 Å². The number of halogens is 1. The number of aliphatic carboxylic acids is 1. The Morgan fingerprint density at radius 1 is 1.50 bits per heavy atom. The zero-order valence-electron chi connectivity index (χ0n) is 11.0. The van der Waals surface area contributed by atoms with Gasteiger partial charge in [-0.25, -0.2) is 0 Å². The summed E-state index contributed by atoms with van der Waals surface area (Å²) >= 11 is 3.39. The molecule has 0 spiro atoms. The number of carboxylic acid groups (broad SMARTS) is 1. The molecule has 18 heavy (non-hydrogen) atoms. The van der Waals surface area contributed by atoms with Gasteiger partial charge in [-0.2, -0.15) is 0 Å².